The number of aromatic nitrogens is 1. The highest BCUT2D eigenvalue weighted by atomic mass is 14.9. The third kappa shape index (κ3) is 4.20. The largest absolute Gasteiger partial charge is 0.384 e. The highest BCUT2D eigenvalue weighted by Crippen LogP contribution is 2.35. The molecular formula is C17H29N3. The van der Waals surface area contributed by atoms with Gasteiger partial charge in [-0.2, -0.15) is 0 Å². The molecule has 1 aromatic heterocycles. The number of hydrogen-bond acceptors (Lipinski definition) is 3. The second kappa shape index (κ2) is 7.63. The van der Waals surface area contributed by atoms with E-state index in [0.717, 1.165) is 24.8 Å². The van der Waals surface area contributed by atoms with E-state index in [2.05, 4.69) is 30.2 Å². The van der Waals surface area contributed by atoms with Crippen LogP contribution in [0.4, 0.5) is 5.82 Å². The van der Waals surface area contributed by atoms with E-state index in [9.17, 15) is 0 Å². The van der Waals surface area contributed by atoms with Gasteiger partial charge in [0.2, 0.25) is 0 Å². The van der Waals surface area contributed by atoms with E-state index in [0.29, 0.717) is 11.9 Å². The monoisotopic (exact) mass is 275 g/mol. The topological polar surface area (TPSA) is 50.9 Å². The summed E-state index contributed by atoms with van der Waals surface area (Å²) in [6.45, 7) is 5.67. The van der Waals surface area contributed by atoms with Gasteiger partial charge in [0.1, 0.15) is 5.82 Å². The molecule has 0 radical (unpaired) electrons. The Labute approximate surface area is 123 Å². The molecule has 3 nitrogen and oxygen atoms in total. The summed E-state index contributed by atoms with van der Waals surface area (Å²) in [5, 5.41) is 3.76. The van der Waals surface area contributed by atoms with Gasteiger partial charge in [-0.15, -0.1) is 0 Å². The maximum atomic E-state index is 5.80. The third-order valence-corrected chi connectivity index (χ3v) is 4.69. The van der Waals surface area contributed by atoms with Crippen molar-refractivity contribution in [3.8, 4) is 0 Å². The molecular weight excluding hydrogens is 246 g/mol. The molecule has 1 aromatic rings. The summed E-state index contributed by atoms with van der Waals surface area (Å²) in [6.07, 6.45) is 9.60. The van der Waals surface area contributed by atoms with Crippen LogP contribution in [0, 0.1) is 11.8 Å². The number of nitrogens with zero attached hydrogens (tertiary/aromatic N) is 1. The van der Waals surface area contributed by atoms with Crippen molar-refractivity contribution in [3.63, 3.8) is 0 Å². The first kappa shape index (κ1) is 15.3. The van der Waals surface area contributed by atoms with E-state index in [4.69, 9.17) is 5.73 Å². The second-order valence-electron chi connectivity index (χ2n) is 6.20. The van der Waals surface area contributed by atoms with E-state index >= 15 is 0 Å². The molecule has 3 atom stereocenters. The molecule has 2 rings (SSSR count). The number of nitrogen functional groups attached to an aromatic ring is 1. The summed E-state index contributed by atoms with van der Waals surface area (Å²) < 4.78 is 0. The Morgan fingerprint density at radius 2 is 2.25 bits per heavy atom. The summed E-state index contributed by atoms with van der Waals surface area (Å²) in [5.74, 6) is 2.39. The molecule has 3 unspecified atom stereocenters. The maximum Gasteiger partial charge on any atom is 0.123 e. The van der Waals surface area contributed by atoms with Crippen molar-refractivity contribution in [2.24, 2.45) is 11.8 Å². The average Bonchev–Trinajstić information content (AvgIpc) is 2.92. The molecule has 0 aliphatic heterocycles. The Hall–Kier alpha value is -1.09. The van der Waals surface area contributed by atoms with Gasteiger partial charge in [0, 0.05) is 12.2 Å². The van der Waals surface area contributed by atoms with Crippen LogP contribution in [-0.2, 0) is 6.42 Å². The quantitative estimate of drug-likeness (QED) is 0.802. The van der Waals surface area contributed by atoms with E-state index in [-0.39, 0.29) is 0 Å². The standard InChI is InChI=1S/C17H29N3/c1-3-8-19-16(15-6-5-13(4-2)10-15)11-14-7-9-20-17(18)12-14/h7,9,12-13,15-16,19H,3-6,8,10-11H2,1-2H3,(H2,18,20). The molecule has 0 saturated heterocycles. The van der Waals surface area contributed by atoms with Gasteiger partial charge in [-0.1, -0.05) is 26.7 Å². The zero-order valence-corrected chi connectivity index (χ0v) is 12.9. The van der Waals surface area contributed by atoms with Crippen molar-refractivity contribution in [1.29, 1.82) is 0 Å². The summed E-state index contributed by atoms with van der Waals surface area (Å²) in [6, 6.07) is 4.71. The minimum absolute atomic E-state index is 0.591. The van der Waals surface area contributed by atoms with Crippen molar-refractivity contribution in [1.82, 2.24) is 10.3 Å². The van der Waals surface area contributed by atoms with Gasteiger partial charge in [0.15, 0.2) is 0 Å². The summed E-state index contributed by atoms with van der Waals surface area (Å²) in [7, 11) is 0. The molecule has 1 heterocycles. The molecule has 1 fully saturated rings. The molecule has 1 aliphatic carbocycles. The van der Waals surface area contributed by atoms with E-state index in [1.807, 2.05) is 12.3 Å². The summed E-state index contributed by atoms with van der Waals surface area (Å²) in [5.41, 5.74) is 7.11. The van der Waals surface area contributed by atoms with E-state index < -0.39 is 0 Å². The van der Waals surface area contributed by atoms with Crippen molar-refractivity contribution in [2.45, 2.75) is 58.4 Å². The molecule has 0 aromatic carbocycles. The lowest BCUT2D eigenvalue weighted by Gasteiger charge is -2.25. The molecule has 0 bridgehead atoms. The van der Waals surface area contributed by atoms with Crippen LogP contribution in [0.3, 0.4) is 0 Å². The molecule has 1 saturated carbocycles. The smallest absolute Gasteiger partial charge is 0.123 e. The van der Waals surface area contributed by atoms with Gasteiger partial charge in [0.05, 0.1) is 0 Å². The number of anilines is 1. The van der Waals surface area contributed by atoms with Crippen molar-refractivity contribution in [3.05, 3.63) is 23.9 Å². The fraction of sp³-hybridized carbons (Fsp3) is 0.706. The highest BCUT2D eigenvalue weighted by Gasteiger charge is 2.29. The van der Waals surface area contributed by atoms with Crippen LogP contribution in [0.2, 0.25) is 0 Å². The minimum Gasteiger partial charge on any atom is -0.384 e. The van der Waals surface area contributed by atoms with E-state index in [1.54, 1.807) is 0 Å². The molecule has 112 valence electrons. The summed E-state index contributed by atoms with van der Waals surface area (Å²) >= 11 is 0. The summed E-state index contributed by atoms with van der Waals surface area (Å²) in [4.78, 5) is 4.09. The Morgan fingerprint density at radius 1 is 1.40 bits per heavy atom. The van der Waals surface area contributed by atoms with Crippen molar-refractivity contribution < 1.29 is 0 Å². The van der Waals surface area contributed by atoms with Crippen LogP contribution in [0.5, 0.6) is 0 Å². The molecule has 1 aliphatic rings. The van der Waals surface area contributed by atoms with Gasteiger partial charge in [-0.05, 0) is 61.8 Å². The van der Waals surface area contributed by atoms with Crippen molar-refractivity contribution >= 4 is 5.82 Å². The van der Waals surface area contributed by atoms with Gasteiger partial charge in [-0.25, -0.2) is 4.98 Å². The van der Waals surface area contributed by atoms with Gasteiger partial charge >= 0.3 is 0 Å². The zero-order valence-electron chi connectivity index (χ0n) is 12.9. The SMILES string of the molecule is CCCNC(Cc1ccnc(N)c1)C1CCC(CC)C1. The molecule has 0 spiro atoms. The molecule has 20 heavy (non-hydrogen) atoms. The van der Waals surface area contributed by atoms with E-state index in [1.165, 1.54) is 37.7 Å². The number of pyridine rings is 1. The Balaban J connectivity index is 2.00. The Bertz CT molecular complexity index is 405. The fourth-order valence-corrected chi connectivity index (χ4v) is 3.46. The number of rotatable bonds is 7. The van der Waals surface area contributed by atoms with Crippen LogP contribution in [0.15, 0.2) is 18.3 Å². The second-order valence-corrected chi connectivity index (χ2v) is 6.20. The van der Waals surface area contributed by atoms with Gasteiger partial charge < -0.3 is 11.1 Å². The fourth-order valence-electron chi connectivity index (χ4n) is 3.46. The Morgan fingerprint density at radius 3 is 2.90 bits per heavy atom. The molecule has 0 amide bonds. The average molecular weight is 275 g/mol. The molecule has 3 heteroatoms. The van der Waals surface area contributed by atoms with Crippen LogP contribution in [0.1, 0.15) is 51.5 Å². The Kier molecular flexibility index (Phi) is 5.84. The predicted molar refractivity (Wildman–Crippen MR) is 85.6 cm³/mol. The third-order valence-electron chi connectivity index (χ3n) is 4.69. The van der Waals surface area contributed by atoms with Crippen LogP contribution in [0.25, 0.3) is 0 Å². The molecule has 3 N–H and O–H groups in total. The van der Waals surface area contributed by atoms with Crippen LogP contribution in [-0.4, -0.2) is 17.6 Å². The number of nitrogens with one attached hydrogen (secondary N) is 1. The van der Waals surface area contributed by atoms with Gasteiger partial charge in [0.25, 0.3) is 0 Å². The van der Waals surface area contributed by atoms with Crippen molar-refractivity contribution in [2.75, 3.05) is 12.3 Å². The predicted octanol–water partition coefficient (Wildman–Crippen LogP) is 3.40. The van der Waals surface area contributed by atoms with Crippen LogP contribution >= 0.6 is 0 Å². The van der Waals surface area contributed by atoms with Gasteiger partial charge in [-0.3, -0.25) is 0 Å². The first-order chi connectivity index (χ1) is 9.72. The first-order valence-electron chi connectivity index (χ1n) is 8.16. The normalized spacial score (nSPS) is 23.9. The minimum atomic E-state index is 0.591. The maximum absolute atomic E-state index is 5.80. The lowest BCUT2D eigenvalue weighted by molar-refractivity contribution is 0.344. The number of nitrogens with two attached hydrogens (primary N) is 1. The number of hydrogen-bond donors (Lipinski definition) is 2. The lowest BCUT2D eigenvalue weighted by Crippen LogP contribution is -2.37. The lowest BCUT2D eigenvalue weighted by atomic mass is 9.91. The highest BCUT2D eigenvalue weighted by molar-refractivity contribution is 5.32. The zero-order chi connectivity index (χ0) is 14.4. The van der Waals surface area contributed by atoms with Crippen LogP contribution < -0.4 is 11.1 Å². The first-order valence-corrected chi connectivity index (χ1v) is 8.16.